The highest BCUT2D eigenvalue weighted by atomic mass is 32.2. The van der Waals surface area contributed by atoms with Crippen molar-refractivity contribution in [3.63, 3.8) is 0 Å². The molecule has 0 aromatic heterocycles. The molecule has 0 fully saturated rings. The van der Waals surface area contributed by atoms with E-state index in [-0.39, 0.29) is 11.7 Å². The number of amides is 1. The van der Waals surface area contributed by atoms with E-state index in [1.165, 1.54) is 11.1 Å². The van der Waals surface area contributed by atoms with Crippen LogP contribution in [0.3, 0.4) is 0 Å². The zero-order valence-corrected chi connectivity index (χ0v) is 8.96. The second-order valence-electron chi connectivity index (χ2n) is 3.40. The standard InChI is InChI=1S/C11H10N2OS/c12-8-15-7-11(14)13-5-9-3-1-2-4-10(9)6-13/h1-4H,5-7H2. The Labute approximate surface area is 92.7 Å². The van der Waals surface area contributed by atoms with Crippen molar-refractivity contribution in [1.82, 2.24) is 4.90 Å². The van der Waals surface area contributed by atoms with Crippen LogP contribution in [0.5, 0.6) is 0 Å². The number of hydrogen-bond acceptors (Lipinski definition) is 3. The van der Waals surface area contributed by atoms with Gasteiger partial charge in [0, 0.05) is 13.1 Å². The maximum Gasteiger partial charge on any atom is 0.234 e. The van der Waals surface area contributed by atoms with Gasteiger partial charge in [-0.1, -0.05) is 24.3 Å². The Morgan fingerprint density at radius 2 is 2.00 bits per heavy atom. The number of benzene rings is 1. The fourth-order valence-corrected chi connectivity index (χ4v) is 2.07. The number of hydrogen-bond donors (Lipinski definition) is 0. The van der Waals surface area contributed by atoms with Gasteiger partial charge in [0.05, 0.1) is 5.75 Å². The van der Waals surface area contributed by atoms with Crippen molar-refractivity contribution in [2.75, 3.05) is 5.75 Å². The minimum Gasteiger partial charge on any atom is -0.333 e. The van der Waals surface area contributed by atoms with Gasteiger partial charge in [0.15, 0.2) is 0 Å². The number of rotatable bonds is 2. The summed E-state index contributed by atoms with van der Waals surface area (Å²) in [4.78, 5) is 13.4. The molecular weight excluding hydrogens is 208 g/mol. The predicted molar refractivity (Wildman–Crippen MR) is 58.8 cm³/mol. The van der Waals surface area contributed by atoms with E-state index < -0.39 is 0 Å². The number of carbonyl (C=O) groups is 1. The van der Waals surface area contributed by atoms with Crippen molar-refractivity contribution in [3.05, 3.63) is 35.4 Å². The molecule has 0 bridgehead atoms. The Hall–Kier alpha value is -1.47. The van der Waals surface area contributed by atoms with Gasteiger partial charge >= 0.3 is 0 Å². The van der Waals surface area contributed by atoms with Crippen LogP contribution in [0.25, 0.3) is 0 Å². The van der Waals surface area contributed by atoms with Gasteiger partial charge in [-0.2, -0.15) is 5.26 Å². The van der Waals surface area contributed by atoms with Gasteiger partial charge in [-0.25, -0.2) is 0 Å². The molecule has 0 saturated carbocycles. The molecule has 1 aromatic carbocycles. The topological polar surface area (TPSA) is 44.1 Å². The van der Waals surface area contributed by atoms with Gasteiger partial charge in [0.2, 0.25) is 5.91 Å². The van der Waals surface area contributed by atoms with Gasteiger partial charge < -0.3 is 4.90 Å². The first kappa shape index (κ1) is 10.1. The molecule has 0 saturated heterocycles. The van der Waals surface area contributed by atoms with Crippen molar-refractivity contribution in [3.8, 4) is 5.40 Å². The minimum absolute atomic E-state index is 0.0396. The maximum absolute atomic E-state index is 11.6. The summed E-state index contributed by atoms with van der Waals surface area (Å²) in [5.74, 6) is 0.294. The molecule has 1 amide bonds. The molecule has 1 aliphatic rings. The maximum atomic E-state index is 11.6. The average molecular weight is 218 g/mol. The van der Waals surface area contributed by atoms with Gasteiger partial charge in [-0.05, 0) is 22.9 Å². The highest BCUT2D eigenvalue weighted by molar-refractivity contribution is 8.04. The van der Waals surface area contributed by atoms with E-state index in [4.69, 9.17) is 5.26 Å². The first-order valence-electron chi connectivity index (χ1n) is 4.66. The van der Waals surface area contributed by atoms with Gasteiger partial charge in [-0.3, -0.25) is 4.79 Å². The zero-order chi connectivity index (χ0) is 10.7. The van der Waals surface area contributed by atoms with Crippen molar-refractivity contribution >= 4 is 17.7 Å². The molecule has 76 valence electrons. The number of thioether (sulfide) groups is 1. The minimum atomic E-state index is 0.0396. The monoisotopic (exact) mass is 218 g/mol. The molecule has 4 heteroatoms. The molecule has 0 atom stereocenters. The van der Waals surface area contributed by atoms with Gasteiger partial charge in [0.1, 0.15) is 5.40 Å². The first-order chi connectivity index (χ1) is 7.31. The van der Waals surface area contributed by atoms with Gasteiger partial charge in [-0.15, -0.1) is 0 Å². The summed E-state index contributed by atoms with van der Waals surface area (Å²) in [7, 11) is 0. The van der Waals surface area contributed by atoms with Crippen LogP contribution in [-0.4, -0.2) is 16.6 Å². The van der Waals surface area contributed by atoms with Gasteiger partial charge in [0.25, 0.3) is 0 Å². The smallest absolute Gasteiger partial charge is 0.234 e. The molecule has 1 heterocycles. The molecule has 0 unspecified atom stereocenters. The summed E-state index contributed by atoms with van der Waals surface area (Å²) in [5, 5.41) is 10.3. The highest BCUT2D eigenvalue weighted by Crippen LogP contribution is 2.22. The summed E-state index contributed by atoms with van der Waals surface area (Å²) < 4.78 is 0. The van der Waals surface area contributed by atoms with Crippen LogP contribution in [0.15, 0.2) is 24.3 Å². The Balaban J connectivity index is 2.01. The lowest BCUT2D eigenvalue weighted by molar-refractivity contribution is -0.128. The Morgan fingerprint density at radius 3 is 2.53 bits per heavy atom. The van der Waals surface area contributed by atoms with Crippen LogP contribution in [0.1, 0.15) is 11.1 Å². The summed E-state index contributed by atoms with van der Waals surface area (Å²) in [6, 6.07) is 8.05. The molecule has 2 rings (SSSR count). The first-order valence-corrected chi connectivity index (χ1v) is 5.65. The molecule has 0 aliphatic carbocycles. The summed E-state index contributed by atoms with van der Waals surface area (Å²) in [5.41, 5.74) is 2.43. The van der Waals surface area contributed by atoms with Crippen LogP contribution >= 0.6 is 11.8 Å². The number of carbonyl (C=O) groups excluding carboxylic acids is 1. The van der Waals surface area contributed by atoms with E-state index in [1.807, 2.05) is 29.7 Å². The summed E-state index contributed by atoms with van der Waals surface area (Å²) >= 11 is 0.996. The molecule has 1 aliphatic heterocycles. The number of nitriles is 1. The second-order valence-corrected chi connectivity index (χ2v) is 4.16. The summed E-state index contributed by atoms with van der Waals surface area (Å²) in [6.45, 7) is 1.36. The molecular formula is C11H10N2OS. The Bertz CT molecular complexity index is 400. The third-order valence-corrected chi connectivity index (χ3v) is 2.97. The predicted octanol–water partition coefficient (Wildman–Crippen LogP) is 1.74. The van der Waals surface area contributed by atoms with E-state index in [2.05, 4.69) is 0 Å². The Morgan fingerprint density at radius 1 is 1.40 bits per heavy atom. The largest absolute Gasteiger partial charge is 0.333 e. The number of thiocyanates is 1. The zero-order valence-electron chi connectivity index (χ0n) is 8.14. The van der Waals surface area contributed by atoms with Crippen molar-refractivity contribution < 1.29 is 4.79 Å². The normalized spacial score (nSPS) is 13.4. The van der Waals surface area contributed by atoms with E-state index in [0.717, 1.165) is 11.8 Å². The lowest BCUT2D eigenvalue weighted by Crippen LogP contribution is -2.26. The van der Waals surface area contributed by atoms with Crippen LogP contribution in [0.4, 0.5) is 0 Å². The molecule has 0 spiro atoms. The molecule has 1 aromatic rings. The molecule has 0 N–H and O–H groups in total. The Kier molecular flexibility index (Phi) is 2.93. The fraction of sp³-hybridized carbons (Fsp3) is 0.273. The second kappa shape index (κ2) is 4.37. The fourth-order valence-electron chi connectivity index (χ4n) is 1.69. The van der Waals surface area contributed by atoms with E-state index in [1.54, 1.807) is 4.90 Å². The van der Waals surface area contributed by atoms with E-state index >= 15 is 0 Å². The van der Waals surface area contributed by atoms with Crippen LogP contribution < -0.4 is 0 Å². The third-order valence-electron chi connectivity index (χ3n) is 2.45. The van der Waals surface area contributed by atoms with Crippen LogP contribution in [0.2, 0.25) is 0 Å². The van der Waals surface area contributed by atoms with Crippen LogP contribution in [0, 0.1) is 10.7 Å². The van der Waals surface area contributed by atoms with Crippen molar-refractivity contribution in [2.45, 2.75) is 13.1 Å². The van der Waals surface area contributed by atoms with E-state index in [0.29, 0.717) is 13.1 Å². The quantitative estimate of drug-likeness (QED) is 0.710. The SMILES string of the molecule is N#CSCC(=O)N1Cc2ccccc2C1. The molecule has 0 radical (unpaired) electrons. The van der Waals surface area contributed by atoms with E-state index in [9.17, 15) is 4.79 Å². The lowest BCUT2D eigenvalue weighted by Gasteiger charge is -2.13. The molecule has 3 nitrogen and oxygen atoms in total. The molecule has 15 heavy (non-hydrogen) atoms. The number of fused-ring (bicyclic) bond motifs is 1. The number of nitrogens with zero attached hydrogens (tertiary/aromatic N) is 2. The lowest BCUT2D eigenvalue weighted by atomic mass is 10.1. The highest BCUT2D eigenvalue weighted by Gasteiger charge is 2.22. The van der Waals surface area contributed by atoms with Crippen molar-refractivity contribution in [2.24, 2.45) is 0 Å². The van der Waals surface area contributed by atoms with Crippen molar-refractivity contribution in [1.29, 1.82) is 5.26 Å². The third kappa shape index (κ3) is 2.13. The van der Waals surface area contributed by atoms with Crippen LogP contribution in [-0.2, 0) is 17.9 Å². The average Bonchev–Trinajstić information content (AvgIpc) is 2.69. The summed E-state index contributed by atoms with van der Waals surface area (Å²) in [6.07, 6.45) is 0.